The summed E-state index contributed by atoms with van der Waals surface area (Å²) >= 11 is 6.14. The maximum atomic E-state index is 12.4. The molecule has 1 atom stereocenters. The summed E-state index contributed by atoms with van der Waals surface area (Å²) in [6.45, 7) is 4.62. The summed E-state index contributed by atoms with van der Waals surface area (Å²) in [4.78, 5) is 12.4. The third-order valence-corrected chi connectivity index (χ3v) is 6.15. The minimum atomic E-state index is -3.31. The molecule has 1 saturated heterocycles. The Kier molecular flexibility index (Phi) is 5.69. The molecule has 1 heterocycles. The first-order chi connectivity index (χ1) is 10.3. The molecule has 0 aromatic rings. The highest BCUT2D eigenvalue weighted by molar-refractivity contribution is 7.89. The van der Waals surface area contributed by atoms with Crippen molar-refractivity contribution in [3.8, 4) is 0 Å². The minimum Gasteiger partial charge on any atom is -0.351 e. The van der Waals surface area contributed by atoms with Crippen LogP contribution in [-0.4, -0.2) is 43.5 Å². The van der Waals surface area contributed by atoms with Crippen molar-refractivity contribution in [2.75, 3.05) is 18.8 Å². The summed E-state index contributed by atoms with van der Waals surface area (Å²) < 4.78 is 25.5. The van der Waals surface area contributed by atoms with Gasteiger partial charge in [-0.2, -0.15) is 4.31 Å². The third-order valence-electron chi connectivity index (χ3n) is 3.85. The average Bonchev–Trinajstić information content (AvgIpc) is 2.73. The maximum Gasteiger partial charge on any atom is 0.238 e. The van der Waals surface area contributed by atoms with Crippen molar-refractivity contribution >= 4 is 27.5 Å². The Labute approximate surface area is 137 Å². The Morgan fingerprint density at radius 1 is 1.50 bits per heavy atom. The van der Waals surface area contributed by atoms with Crippen molar-refractivity contribution in [3.63, 3.8) is 0 Å². The second kappa shape index (κ2) is 7.15. The fraction of sp³-hybridized carbons (Fsp3) is 0.667. The van der Waals surface area contributed by atoms with Crippen molar-refractivity contribution in [1.82, 2.24) is 9.62 Å². The van der Waals surface area contributed by atoms with Gasteiger partial charge in [0, 0.05) is 18.1 Å². The maximum absolute atomic E-state index is 12.4. The van der Waals surface area contributed by atoms with E-state index in [4.69, 9.17) is 11.6 Å². The molecular formula is C15H23ClN2O3S. The van der Waals surface area contributed by atoms with Gasteiger partial charge in [-0.25, -0.2) is 8.42 Å². The molecule has 7 heteroatoms. The van der Waals surface area contributed by atoms with Crippen LogP contribution in [-0.2, 0) is 14.8 Å². The highest BCUT2D eigenvalue weighted by Gasteiger charge is 2.41. The van der Waals surface area contributed by atoms with Gasteiger partial charge in [-0.3, -0.25) is 4.79 Å². The SMILES string of the molecule is CC(C)CN1C(C(=O)NCC2=C(Cl)CCC=C2)CCS1(=O)=O. The van der Waals surface area contributed by atoms with Gasteiger partial charge in [0.1, 0.15) is 6.04 Å². The summed E-state index contributed by atoms with van der Waals surface area (Å²) in [5.74, 6) is -0.0134. The molecule has 5 nitrogen and oxygen atoms in total. The Morgan fingerprint density at radius 2 is 2.23 bits per heavy atom. The number of hydrogen-bond acceptors (Lipinski definition) is 3. The van der Waals surface area contributed by atoms with Crippen molar-refractivity contribution in [3.05, 3.63) is 22.8 Å². The number of hydrogen-bond donors (Lipinski definition) is 1. The number of amides is 1. The lowest BCUT2D eigenvalue weighted by molar-refractivity contribution is -0.124. The zero-order chi connectivity index (χ0) is 16.3. The zero-order valence-electron chi connectivity index (χ0n) is 13.0. The molecule has 0 aromatic heterocycles. The molecule has 0 saturated carbocycles. The van der Waals surface area contributed by atoms with E-state index in [0.29, 0.717) is 19.5 Å². The third kappa shape index (κ3) is 4.12. The van der Waals surface area contributed by atoms with Crippen molar-refractivity contribution < 1.29 is 13.2 Å². The van der Waals surface area contributed by atoms with Gasteiger partial charge in [0.2, 0.25) is 15.9 Å². The molecule has 0 radical (unpaired) electrons. The number of carbonyl (C=O) groups is 1. The lowest BCUT2D eigenvalue weighted by Gasteiger charge is -2.24. The van der Waals surface area contributed by atoms with Crippen LogP contribution in [0.4, 0.5) is 0 Å². The Balaban J connectivity index is 2.01. The second-order valence-corrected chi connectivity index (χ2v) is 8.67. The standard InChI is InChI=1S/C15H23ClN2O3S/c1-11(2)10-18-14(7-8-22(18,20)21)15(19)17-9-12-5-3-4-6-13(12)16/h3,5,11,14H,4,6-10H2,1-2H3,(H,17,19). The highest BCUT2D eigenvalue weighted by atomic mass is 35.5. The molecule has 0 spiro atoms. The van der Waals surface area contributed by atoms with Crippen LogP contribution >= 0.6 is 11.6 Å². The molecule has 1 N–H and O–H groups in total. The van der Waals surface area contributed by atoms with Crippen LogP contribution in [0.1, 0.15) is 33.1 Å². The van der Waals surface area contributed by atoms with Crippen LogP contribution in [0.5, 0.6) is 0 Å². The fourth-order valence-electron chi connectivity index (χ4n) is 2.72. The van der Waals surface area contributed by atoms with Gasteiger partial charge < -0.3 is 5.32 Å². The van der Waals surface area contributed by atoms with E-state index < -0.39 is 16.1 Å². The van der Waals surface area contributed by atoms with Gasteiger partial charge in [-0.05, 0) is 30.8 Å². The summed E-state index contributed by atoms with van der Waals surface area (Å²) in [5, 5.41) is 3.59. The smallest absolute Gasteiger partial charge is 0.238 e. The Morgan fingerprint density at radius 3 is 2.86 bits per heavy atom. The highest BCUT2D eigenvalue weighted by Crippen LogP contribution is 2.24. The quantitative estimate of drug-likeness (QED) is 0.828. The summed E-state index contributed by atoms with van der Waals surface area (Å²) in [6, 6.07) is -0.598. The molecule has 2 aliphatic rings. The van der Waals surface area contributed by atoms with E-state index in [1.54, 1.807) is 0 Å². The number of nitrogens with zero attached hydrogens (tertiary/aromatic N) is 1. The van der Waals surface area contributed by atoms with Gasteiger partial charge in [-0.1, -0.05) is 37.6 Å². The van der Waals surface area contributed by atoms with Crippen LogP contribution in [0.25, 0.3) is 0 Å². The summed E-state index contributed by atoms with van der Waals surface area (Å²) in [6.07, 6.45) is 6.01. The summed E-state index contributed by atoms with van der Waals surface area (Å²) in [5.41, 5.74) is 0.900. The first kappa shape index (κ1) is 17.5. The van der Waals surface area contributed by atoms with E-state index in [0.717, 1.165) is 23.4 Å². The van der Waals surface area contributed by atoms with Crippen LogP contribution in [0.2, 0.25) is 0 Å². The lowest BCUT2D eigenvalue weighted by Crippen LogP contribution is -2.46. The average molecular weight is 347 g/mol. The van der Waals surface area contributed by atoms with Crippen molar-refractivity contribution in [2.24, 2.45) is 5.92 Å². The largest absolute Gasteiger partial charge is 0.351 e. The Hall–Kier alpha value is -0.850. The van der Waals surface area contributed by atoms with Crippen molar-refractivity contribution in [1.29, 1.82) is 0 Å². The van der Waals surface area contributed by atoms with E-state index in [2.05, 4.69) is 5.32 Å². The molecule has 1 amide bonds. The zero-order valence-corrected chi connectivity index (χ0v) is 14.6. The predicted octanol–water partition coefficient (Wildman–Crippen LogP) is 2.01. The topological polar surface area (TPSA) is 66.5 Å². The normalized spacial score (nSPS) is 25.0. The molecule has 1 aliphatic carbocycles. The van der Waals surface area contributed by atoms with Gasteiger partial charge >= 0.3 is 0 Å². The molecule has 2 rings (SSSR count). The van der Waals surface area contributed by atoms with Crippen LogP contribution in [0.15, 0.2) is 22.8 Å². The number of halogens is 1. The number of nitrogens with one attached hydrogen (secondary N) is 1. The van der Waals surface area contributed by atoms with E-state index in [1.807, 2.05) is 26.0 Å². The molecule has 1 unspecified atom stereocenters. The van der Waals surface area contributed by atoms with E-state index in [1.165, 1.54) is 4.31 Å². The van der Waals surface area contributed by atoms with E-state index in [9.17, 15) is 13.2 Å². The molecule has 0 aromatic carbocycles. The van der Waals surface area contributed by atoms with Crippen LogP contribution in [0.3, 0.4) is 0 Å². The molecule has 0 bridgehead atoms. The molecule has 124 valence electrons. The lowest BCUT2D eigenvalue weighted by atomic mass is 10.1. The number of carbonyl (C=O) groups excluding carboxylic acids is 1. The first-order valence-corrected chi connectivity index (χ1v) is 9.61. The number of sulfonamides is 1. The molecular weight excluding hydrogens is 324 g/mol. The van der Waals surface area contributed by atoms with E-state index >= 15 is 0 Å². The Bertz CT molecular complexity index is 596. The van der Waals surface area contributed by atoms with Crippen LogP contribution < -0.4 is 5.32 Å². The first-order valence-electron chi connectivity index (χ1n) is 7.62. The monoisotopic (exact) mass is 346 g/mol. The van der Waals surface area contributed by atoms with Crippen molar-refractivity contribution in [2.45, 2.75) is 39.2 Å². The van der Waals surface area contributed by atoms with Gasteiger partial charge in [0.05, 0.1) is 5.75 Å². The molecule has 22 heavy (non-hydrogen) atoms. The van der Waals surface area contributed by atoms with Gasteiger partial charge in [0.15, 0.2) is 0 Å². The second-order valence-electron chi connectivity index (χ2n) is 6.17. The predicted molar refractivity (Wildman–Crippen MR) is 88.0 cm³/mol. The number of allylic oxidation sites excluding steroid dienone is 2. The minimum absolute atomic E-state index is 0.0428. The molecule has 1 aliphatic heterocycles. The molecule has 1 fully saturated rings. The van der Waals surface area contributed by atoms with Crippen LogP contribution in [0, 0.1) is 5.92 Å². The van der Waals surface area contributed by atoms with Gasteiger partial charge in [0.25, 0.3) is 0 Å². The number of rotatable bonds is 5. The van der Waals surface area contributed by atoms with E-state index in [-0.39, 0.29) is 17.6 Å². The summed E-state index contributed by atoms with van der Waals surface area (Å²) in [7, 11) is -3.31. The fourth-order valence-corrected chi connectivity index (χ4v) is 4.83. The van der Waals surface area contributed by atoms with Gasteiger partial charge in [-0.15, -0.1) is 0 Å².